The van der Waals surface area contributed by atoms with Gasteiger partial charge in [-0.2, -0.15) is 0 Å². The number of carbonyl (C=O) groups excluding carboxylic acids is 1. The van der Waals surface area contributed by atoms with E-state index in [4.69, 9.17) is 9.05 Å². The Bertz CT molecular complexity index is 1350. The normalized spacial score (nSPS) is 13.9. The molecule has 3 unspecified atom stereocenters. The van der Waals surface area contributed by atoms with Crippen LogP contribution in [0.4, 0.5) is 0 Å². The van der Waals surface area contributed by atoms with Gasteiger partial charge in [-0.25, -0.2) is 0 Å². The van der Waals surface area contributed by atoms with Crippen LogP contribution < -0.4 is 10.2 Å². The first-order chi connectivity index (χ1) is 37.5. The number of amides is 1. The number of nitrogens with zero attached hydrogens (tertiary/aromatic N) is 1. The van der Waals surface area contributed by atoms with E-state index in [1.807, 2.05) is 21.1 Å². The van der Waals surface area contributed by atoms with E-state index in [2.05, 4.69) is 55.6 Å². The largest absolute Gasteiger partial charge is 0.756 e. The molecule has 0 radical (unpaired) electrons. The molecule has 0 saturated heterocycles. The lowest BCUT2D eigenvalue weighted by Gasteiger charge is -2.30. The number of rotatable bonds is 63. The maximum Gasteiger partial charge on any atom is 0.268 e. The molecule has 0 rings (SSSR count). The predicted molar refractivity (Wildman–Crippen MR) is 335 cm³/mol. The second kappa shape index (κ2) is 59.3. The number of likely N-dealkylation sites (N-methyl/N-ethyl adjacent to an activating group) is 1. The predicted octanol–water partition coefficient (Wildman–Crippen LogP) is 20.6. The average Bonchev–Trinajstić information content (AvgIpc) is 3.39. The van der Waals surface area contributed by atoms with Gasteiger partial charge in [0.25, 0.3) is 7.82 Å². The molecule has 0 saturated carbocycles. The molecule has 0 aliphatic heterocycles. The Hall–Kier alpha value is -1.28. The van der Waals surface area contributed by atoms with Crippen LogP contribution in [-0.4, -0.2) is 68.5 Å². The highest BCUT2D eigenvalue weighted by atomic mass is 31.2. The molecule has 0 spiro atoms. The van der Waals surface area contributed by atoms with Crippen molar-refractivity contribution in [3.05, 3.63) is 36.5 Å². The van der Waals surface area contributed by atoms with E-state index < -0.39 is 20.0 Å². The molecule has 0 aromatic rings. The Morgan fingerprint density at radius 2 is 0.753 bits per heavy atom. The summed E-state index contributed by atoms with van der Waals surface area (Å²) in [5.41, 5.74) is 0. The first-order valence-corrected chi connectivity index (χ1v) is 35.3. The Morgan fingerprint density at radius 1 is 0.455 bits per heavy atom. The summed E-state index contributed by atoms with van der Waals surface area (Å²) < 4.78 is 23.5. The minimum absolute atomic E-state index is 0.0143. The summed E-state index contributed by atoms with van der Waals surface area (Å²) in [6.07, 6.45) is 77.8. The zero-order chi connectivity index (χ0) is 56.3. The maximum atomic E-state index is 13.0. The number of nitrogens with one attached hydrogen (secondary N) is 1. The molecule has 0 aromatic carbocycles. The van der Waals surface area contributed by atoms with E-state index >= 15 is 0 Å². The van der Waals surface area contributed by atoms with E-state index in [9.17, 15) is 19.4 Å². The van der Waals surface area contributed by atoms with Gasteiger partial charge in [0.1, 0.15) is 13.2 Å². The van der Waals surface area contributed by atoms with Gasteiger partial charge in [0.15, 0.2) is 0 Å². The molecule has 0 fully saturated rings. The van der Waals surface area contributed by atoms with Crippen molar-refractivity contribution in [1.29, 1.82) is 0 Å². The van der Waals surface area contributed by atoms with Gasteiger partial charge in [-0.15, -0.1) is 0 Å². The number of hydrogen-bond donors (Lipinski definition) is 2. The zero-order valence-corrected chi connectivity index (χ0v) is 53.1. The van der Waals surface area contributed by atoms with Gasteiger partial charge >= 0.3 is 0 Å². The molecule has 9 heteroatoms. The van der Waals surface area contributed by atoms with Crippen molar-refractivity contribution in [1.82, 2.24) is 5.32 Å². The Labute approximate surface area is 480 Å². The van der Waals surface area contributed by atoms with Crippen LogP contribution in [0.2, 0.25) is 0 Å². The summed E-state index contributed by atoms with van der Waals surface area (Å²) in [7, 11) is 1.32. The Balaban J connectivity index is 3.98. The summed E-state index contributed by atoms with van der Waals surface area (Å²) >= 11 is 0. The number of phosphoric ester groups is 1. The molecule has 0 aliphatic rings. The number of aliphatic hydroxyl groups excluding tert-OH is 1. The maximum absolute atomic E-state index is 13.0. The van der Waals surface area contributed by atoms with Gasteiger partial charge < -0.3 is 28.8 Å². The summed E-state index contributed by atoms with van der Waals surface area (Å²) in [5.74, 6) is -0.158. The van der Waals surface area contributed by atoms with Crippen LogP contribution >= 0.6 is 7.82 Å². The third kappa shape index (κ3) is 62.2. The van der Waals surface area contributed by atoms with Crippen molar-refractivity contribution in [2.45, 2.75) is 353 Å². The highest BCUT2D eigenvalue weighted by Gasteiger charge is 2.24. The SMILES string of the molecule is CCCCCCC/C=C\C/C=C\C/C=C\CCCCCCCCCCCCCCCCCCCCCCC(=O)NC(COP(=O)([O-])OCC[N+](C)(C)C)C(O)CCCCCCCCCCCCCCCCCCCCCC. The van der Waals surface area contributed by atoms with Crippen LogP contribution in [0, 0.1) is 0 Å². The molecule has 3 atom stereocenters. The zero-order valence-electron chi connectivity index (χ0n) is 52.2. The van der Waals surface area contributed by atoms with Crippen molar-refractivity contribution >= 4 is 13.7 Å². The Morgan fingerprint density at radius 3 is 1.09 bits per heavy atom. The van der Waals surface area contributed by atoms with Crippen LogP contribution in [-0.2, 0) is 18.4 Å². The first-order valence-electron chi connectivity index (χ1n) is 33.8. The molecule has 2 N–H and O–H groups in total. The third-order valence-electron chi connectivity index (χ3n) is 15.6. The van der Waals surface area contributed by atoms with Crippen molar-refractivity contribution in [3.8, 4) is 0 Å². The lowest BCUT2D eigenvalue weighted by molar-refractivity contribution is -0.870. The summed E-state index contributed by atoms with van der Waals surface area (Å²) in [5, 5.41) is 14.1. The molecular weight excluding hydrogens is 972 g/mol. The molecule has 0 aromatic heterocycles. The smallest absolute Gasteiger partial charge is 0.268 e. The van der Waals surface area contributed by atoms with E-state index in [1.165, 1.54) is 263 Å². The topological polar surface area (TPSA) is 108 Å². The lowest BCUT2D eigenvalue weighted by atomic mass is 10.0. The molecule has 0 bridgehead atoms. The first kappa shape index (κ1) is 75.7. The van der Waals surface area contributed by atoms with Crippen molar-refractivity contribution in [2.24, 2.45) is 0 Å². The molecule has 456 valence electrons. The monoisotopic (exact) mass is 1100 g/mol. The van der Waals surface area contributed by atoms with Crippen LogP contribution in [0.1, 0.15) is 341 Å². The third-order valence-corrected chi connectivity index (χ3v) is 16.6. The number of quaternary nitrogens is 1. The van der Waals surface area contributed by atoms with E-state index in [0.717, 1.165) is 51.4 Å². The fourth-order valence-electron chi connectivity index (χ4n) is 10.3. The molecule has 8 nitrogen and oxygen atoms in total. The summed E-state index contributed by atoms with van der Waals surface area (Å²) in [6.45, 7) is 4.76. The van der Waals surface area contributed by atoms with E-state index in [-0.39, 0.29) is 19.1 Å². The summed E-state index contributed by atoms with van der Waals surface area (Å²) in [4.78, 5) is 25.6. The van der Waals surface area contributed by atoms with Gasteiger partial charge in [0, 0.05) is 6.42 Å². The van der Waals surface area contributed by atoms with E-state index in [0.29, 0.717) is 23.9 Å². The highest BCUT2D eigenvalue weighted by Crippen LogP contribution is 2.38. The van der Waals surface area contributed by atoms with E-state index in [1.54, 1.807) is 0 Å². The quantitative estimate of drug-likeness (QED) is 0.0272. The molecule has 0 heterocycles. The molecular formula is C68H133N2O6P. The van der Waals surface area contributed by atoms with Crippen LogP contribution in [0.5, 0.6) is 0 Å². The Kier molecular flexibility index (Phi) is 58.4. The second-order valence-corrected chi connectivity index (χ2v) is 25.9. The minimum Gasteiger partial charge on any atom is -0.756 e. The van der Waals surface area contributed by atoms with Gasteiger partial charge in [-0.1, -0.05) is 320 Å². The van der Waals surface area contributed by atoms with Crippen molar-refractivity contribution in [3.63, 3.8) is 0 Å². The number of allylic oxidation sites excluding steroid dienone is 6. The fourth-order valence-corrected chi connectivity index (χ4v) is 11.1. The van der Waals surface area contributed by atoms with Gasteiger partial charge in [0.2, 0.25) is 5.91 Å². The van der Waals surface area contributed by atoms with Gasteiger partial charge in [0.05, 0.1) is 39.9 Å². The van der Waals surface area contributed by atoms with Crippen LogP contribution in [0.25, 0.3) is 0 Å². The lowest BCUT2D eigenvalue weighted by Crippen LogP contribution is -2.46. The van der Waals surface area contributed by atoms with Gasteiger partial charge in [-0.05, 0) is 51.4 Å². The summed E-state index contributed by atoms with van der Waals surface area (Å²) in [6, 6.07) is -0.800. The molecule has 1 amide bonds. The number of phosphoric acid groups is 1. The van der Waals surface area contributed by atoms with Crippen molar-refractivity contribution in [2.75, 3.05) is 40.9 Å². The number of aliphatic hydroxyl groups is 1. The molecule has 0 aliphatic carbocycles. The van der Waals surface area contributed by atoms with Crippen LogP contribution in [0.15, 0.2) is 36.5 Å². The second-order valence-electron chi connectivity index (χ2n) is 24.5. The number of carbonyl (C=O) groups is 1. The van der Waals surface area contributed by atoms with Crippen LogP contribution in [0.3, 0.4) is 0 Å². The molecule has 77 heavy (non-hydrogen) atoms. The fraction of sp³-hybridized carbons (Fsp3) is 0.897. The standard InChI is InChI=1S/C68H133N2O6P/c1-6-8-10-12-14-16-18-20-22-24-26-28-29-30-31-32-33-34-35-36-37-38-39-40-41-42-44-46-48-50-52-54-56-58-60-62-68(72)69-66(65-76-77(73,74)75-64-63-70(3,4)5)67(71)61-59-57-55-53-51-49-47-45-43-27-25-23-21-19-17-15-13-11-9-7-2/h18,20,24,26,29-30,66-67,71H,6-17,19,21-23,25,27-28,31-65H2,1-5H3,(H-,69,72,73,74)/b20-18-,26-24-,30-29-. The number of unbranched alkanes of at least 4 members (excludes halogenated alkanes) is 44. The van der Waals surface area contributed by atoms with Gasteiger partial charge in [-0.3, -0.25) is 9.36 Å². The number of hydrogen-bond acceptors (Lipinski definition) is 6. The van der Waals surface area contributed by atoms with Crippen molar-refractivity contribution < 1.29 is 32.9 Å². The minimum atomic E-state index is -4.58. The highest BCUT2D eigenvalue weighted by molar-refractivity contribution is 7.45. The average molecular weight is 1110 g/mol.